The van der Waals surface area contributed by atoms with Crippen molar-refractivity contribution in [2.75, 3.05) is 5.32 Å². The molecule has 122 valence electrons. The van der Waals surface area contributed by atoms with E-state index >= 15 is 0 Å². The van der Waals surface area contributed by atoms with Crippen LogP contribution in [0, 0.1) is 0 Å². The van der Waals surface area contributed by atoms with E-state index in [4.69, 9.17) is 0 Å². The van der Waals surface area contributed by atoms with Gasteiger partial charge < -0.3 is 5.32 Å². The van der Waals surface area contributed by atoms with Gasteiger partial charge in [-0.05, 0) is 36.4 Å². The van der Waals surface area contributed by atoms with Crippen molar-refractivity contribution in [2.45, 2.75) is 6.54 Å². The number of hydrogen-bond acceptors (Lipinski definition) is 6. The standard InChI is InChI=1S/C18H13BrN6/c19-13-4-5-16-15(9-13)18(21-11-14-3-1-2-7-20-14)25-17(24-16)12-6-8-22-23-10-12/h1-10H,11H2,(H,21,24,25). The Morgan fingerprint density at radius 1 is 0.960 bits per heavy atom. The molecule has 0 saturated heterocycles. The Morgan fingerprint density at radius 3 is 2.72 bits per heavy atom. The molecule has 4 aromatic rings. The Balaban J connectivity index is 1.78. The van der Waals surface area contributed by atoms with Gasteiger partial charge in [-0.1, -0.05) is 22.0 Å². The minimum absolute atomic E-state index is 0.577. The zero-order valence-corrected chi connectivity index (χ0v) is 14.7. The number of benzene rings is 1. The maximum atomic E-state index is 4.69. The summed E-state index contributed by atoms with van der Waals surface area (Å²) in [7, 11) is 0. The molecule has 4 rings (SSSR count). The molecule has 0 atom stereocenters. The summed E-state index contributed by atoms with van der Waals surface area (Å²) in [5, 5.41) is 12.0. The van der Waals surface area contributed by atoms with E-state index in [0.29, 0.717) is 12.4 Å². The maximum Gasteiger partial charge on any atom is 0.163 e. The zero-order valence-electron chi connectivity index (χ0n) is 13.1. The van der Waals surface area contributed by atoms with Gasteiger partial charge >= 0.3 is 0 Å². The van der Waals surface area contributed by atoms with E-state index in [1.807, 2.05) is 42.5 Å². The molecule has 0 aliphatic rings. The SMILES string of the molecule is Brc1ccc2nc(-c3ccnnc3)nc(NCc3ccccn3)c2c1. The fourth-order valence-electron chi connectivity index (χ4n) is 2.46. The Morgan fingerprint density at radius 2 is 1.92 bits per heavy atom. The van der Waals surface area contributed by atoms with Crippen molar-refractivity contribution in [3.63, 3.8) is 0 Å². The lowest BCUT2D eigenvalue weighted by molar-refractivity contribution is 1.02. The van der Waals surface area contributed by atoms with Crippen LogP contribution in [0.3, 0.4) is 0 Å². The second kappa shape index (κ2) is 6.90. The summed E-state index contributed by atoms with van der Waals surface area (Å²) >= 11 is 3.51. The molecule has 6 nitrogen and oxygen atoms in total. The molecular weight excluding hydrogens is 380 g/mol. The van der Waals surface area contributed by atoms with Crippen LogP contribution in [0.2, 0.25) is 0 Å². The van der Waals surface area contributed by atoms with Gasteiger partial charge in [0.1, 0.15) is 5.82 Å². The van der Waals surface area contributed by atoms with Crippen LogP contribution in [0.1, 0.15) is 5.69 Å². The van der Waals surface area contributed by atoms with Crippen molar-refractivity contribution in [1.82, 2.24) is 25.1 Å². The van der Waals surface area contributed by atoms with Crippen LogP contribution in [-0.4, -0.2) is 25.1 Å². The predicted octanol–water partition coefficient (Wildman–Crippen LogP) is 3.86. The number of aromatic nitrogens is 5. The maximum absolute atomic E-state index is 4.69. The molecule has 0 unspecified atom stereocenters. The van der Waals surface area contributed by atoms with Crippen LogP contribution in [0.25, 0.3) is 22.3 Å². The molecule has 3 aromatic heterocycles. The molecule has 0 amide bonds. The number of fused-ring (bicyclic) bond motifs is 1. The number of halogens is 1. The summed E-state index contributed by atoms with van der Waals surface area (Å²) in [4.78, 5) is 13.7. The topological polar surface area (TPSA) is 76.5 Å². The van der Waals surface area contributed by atoms with Gasteiger partial charge in [0.25, 0.3) is 0 Å². The molecule has 1 N–H and O–H groups in total. The van der Waals surface area contributed by atoms with Crippen LogP contribution in [0.15, 0.2) is 65.5 Å². The predicted molar refractivity (Wildman–Crippen MR) is 99.8 cm³/mol. The van der Waals surface area contributed by atoms with Gasteiger partial charge in [-0.25, -0.2) is 9.97 Å². The molecule has 0 radical (unpaired) electrons. The van der Waals surface area contributed by atoms with E-state index in [1.165, 1.54) is 0 Å². The first-order chi connectivity index (χ1) is 12.3. The van der Waals surface area contributed by atoms with E-state index in [2.05, 4.69) is 46.4 Å². The largest absolute Gasteiger partial charge is 0.364 e. The zero-order chi connectivity index (χ0) is 17.1. The molecular formula is C18H13BrN6. The first kappa shape index (κ1) is 15.6. The fraction of sp³-hybridized carbons (Fsp3) is 0.0556. The minimum Gasteiger partial charge on any atom is -0.364 e. The Kier molecular flexibility index (Phi) is 4.30. The van der Waals surface area contributed by atoms with Crippen molar-refractivity contribution in [3.05, 3.63) is 71.2 Å². The first-order valence-corrected chi connectivity index (χ1v) is 8.47. The van der Waals surface area contributed by atoms with Crippen LogP contribution in [0.4, 0.5) is 5.82 Å². The van der Waals surface area contributed by atoms with Crippen LogP contribution >= 0.6 is 15.9 Å². The van der Waals surface area contributed by atoms with E-state index in [1.54, 1.807) is 18.6 Å². The molecule has 0 saturated carbocycles. The van der Waals surface area contributed by atoms with Crippen LogP contribution < -0.4 is 5.32 Å². The van der Waals surface area contributed by atoms with Crippen molar-refractivity contribution < 1.29 is 0 Å². The highest BCUT2D eigenvalue weighted by Gasteiger charge is 2.10. The molecule has 3 heterocycles. The number of pyridine rings is 1. The Labute approximate surface area is 152 Å². The first-order valence-electron chi connectivity index (χ1n) is 7.68. The lowest BCUT2D eigenvalue weighted by Gasteiger charge is -2.11. The van der Waals surface area contributed by atoms with E-state index in [-0.39, 0.29) is 0 Å². The monoisotopic (exact) mass is 392 g/mol. The third-order valence-corrected chi connectivity index (χ3v) is 4.16. The lowest BCUT2D eigenvalue weighted by atomic mass is 10.2. The third-order valence-electron chi connectivity index (χ3n) is 3.66. The number of rotatable bonds is 4. The molecule has 0 bridgehead atoms. The van der Waals surface area contributed by atoms with Gasteiger partial charge in [0.05, 0.1) is 30.1 Å². The molecule has 25 heavy (non-hydrogen) atoms. The number of anilines is 1. The van der Waals surface area contributed by atoms with Gasteiger partial charge in [-0.2, -0.15) is 10.2 Å². The van der Waals surface area contributed by atoms with Gasteiger partial charge in [-0.3, -0.25) is 4.98 Å². The highest BCUT2D eigenvalue weighted by molar-refractivity contribution is 9.10. The summed E-state index contributed by atoms with van der Waals surface area (Å²) in [6.07, 6.45) is 5.06. The highest BCUT2D eigenvalue weighted by Crippen LogP contribution is 2.27. The Bertz CT molecular complexity index is 1010. The van der Waals surface area contributed by atoms with Crippen LogP contribution in [0.5, 0.6) is 0 Å². The van der Waals surface area contributed by atoms with Crippen molar-refractivity contribution in [1.29, 1.82) is 0 Å². The summed E-state index contributed by atoms with van der Waals surface area (Å²) in [5.74, 6) is 1.36. The van der Waals surface area contributed by atoms with Gasteiger partial charge in [0.15, 0.2) is 5.82 Å². The lowest BCUT2D eigenvalue weighted by Crippen LogP contribution is -2.05. The molecule has 7 heteroatoms. The average Bonchev–Trinajstić information content (AvgIpc) is 2.67. The summed E-state index contributed by atoms with van der Waals surface area (Å²) < 4.78 is 0.975. The number of nitrogens with one attached hydrogen (secondary N) is 1. The van der Waals surface area contributed by atoms with E-state index in [0.717, 1.165) is 32.5 Å². The quantitative estimate of drug-likeness (QED) is 0.568. The van der Waals surface area contributed by atoms with E-state index < -0.39 is 0 Å². The van der Waals surface area contributed by atoms with Crippen molar-refractivity contribution in [2.24, 2.45) is 0 Å². The normalized spacial score (nSPS) is 10.8. The Hall–Kier alpha value is -2.93. The second-order valence-electron chi connectivity index (χ2n) is 5.36. The summed E-state index contributed by atoms with van der Waals surface area (Å²) in [5.41, 5.74) is 2.62. The molecule has 1 aromatic carbocycles. The highest BCUT2D eigenvalue weighted by atomic mass is 79.9. The smallest absolute Gasteiger partial charge is 0.163 e. The van der Waals surface area contributed by atoms with Crippen LogP contribution in [-0.2, 0) is 6.54 Å². The fourth-order valence-corrected chi connectivity index (χ4v) is 2.83. The summed E-state index contributed by atoms with van der Waals surface area (Å²) in [6, 6.07) is 13.6. The summed E-state index contributed by atoms with van der Waals surface area (Å²) in [6.45, 7) is 0.577. The second-order valence-corrected chi connectivity index (χ2v) is 6.28. The third kappa shape index (κ3) is 3.46. The average molecular weight is 393 g/mol. The van der Waals surface area contributed by atoms with Gasteiger partial charge in [0, 0.05) is 21.6 Å². The van der Waals surface area contributed by atoms with Crippen molar-refractivity contribution in [3.8, 4) is 11.4 Å². The number of hydrogen-bond donors (Lipinski definition) is 1. The number of nitrogens with zero attached hydrogens (tertiary/aromatic N) is 5. The molecule has 0 fully saturated rings. The van der Waals surface area contributed by atoms with E-state index in [9.17, 15) is 0 Å². The van der Waals surface area contributed by atoms with Gasteiger partial charge in [-0.15, -0.1) is 0 Å². The molecule has 0 aliphatic heterocycles. The minimum atomic E-state index is 0.577. The molecule has 0 spiro atoms. The van der Waals surface area contributed by atoms with Crippen molar-refractivity contribution >= 4 is 32.7 Å². The molecule has 0 aliphatic carbocycles. The van der Waals surface area contributed by atoms with Gasteiger partial charge in [0.2, 0.25) is 0 Å².